The molecule has 2 aliphatic carbocycles. The third-order valence-electron chi connectivity index (χ3n) is 7.53. The van der Waals surface area contributed by atoms with E-state index >= 15 is 0 Å². The fraction of sp³-hybridized carbons (Fsp3) is 0.696. The van der Waals surface area contributed by atoms with Crippen molar-refractivity contribution in [2.75, 3.05) is 32.8 Å². The van der Waals surface area contributed by atoms with Gasteiger partial charge in [0.15, 0.2) is 5.96 Å². The lowest BCUT2D eigenvalue weighted by Gasteiger charge is -2.63. The molecule has 2 heterocycles. The number of hydrogen-bond acceptors (Lipinski definition) is 3. The van der Waals surface area contributed by atoms with Crippen molar-refractivity contribution < 1.29 is 9.47 Å². The summed E-state index contributed by atoms with van der Waals surface area (Å²) in [5.74, 6) is 1.74. The minimum Gasteiger partial charge on any atom is -0.377 e. The summed E-state index contributed by atoms with van der Waals surface area (Å²) in [7, 11) is 0. The second kappa shape index (κ2) is 8.71. The van der Waals surface area contributed by atoms with E-state index in [4.69, 9.17) is 14.5 Å². The number of morpholine rings is 1. The Bertz CT molecular complexity index is 751. The molecule has 6 heteroatoms. The number of halogens is 1. The molecule has 5 rings (SSSR count). The van der Waals surface area contributed by atoms with E-state index in [1.54, 1.807) is 0 Å². The molecule has 0 aromatic heterocycles. The predicted octanol–water partition coefficient (Wildman–Crippen LogP) is 3.91. The molecule has 160 valence electrons. The molecule has 2 saturated heterocycles. The highest BCUT2D eigenvalue weighted by Gasteiger charge is 2.66. The van der Waals surface area contributed by atoms with Gasteiger partial charge in [-0.05, 0) is 44.2 Å². The van der Waals surface area contributed by atoms with Crippen LogP contribution in [0, 0.1) is 18.3 Å². The largest absolute Gasteiger partial charge is 0.377 e. The minimum atomic E-state index is 0. The van der Waals surface area contributed by atoms with Crippen LogP contribution in [0.4, 0.5) is 0 Å². The lowest BCUT2D eigenvalue weighted by molar-refractivity contribution is -0.171. The zero-order valence-electron chi connectivity index (χ0n) is 17.6. The van der Waals surface area contributed by atoms with Crippen LogP contribution in [-0.2, 0) is 9.47 Å². The van der Waals surface area contributed by atoms with Crippen molar-refractivity contribution in [3.63, 3.8) is 0 Å². The maximum Gasteiger partial charge on any atom is 0.194 e. The molecule has 1 spiro atoms. The van der Waals surface area contributed by atoms with Gasteiger partial charge in [-0.2, -0.15) is 0 Å². The molecule has 4 fully saturated rings. The quantitative estimate of drug-likeness (QED) is 0.380. The third kappa shape index (κ3) is 3.59. The number of aliphatic imine (C=N–C) groups is 1. The fourth-order valence-corrected chi connectivity index (χ4v) is 5.96. The monoisotopic (exact) mass is 511 g/mol. The summed E-state index contributed by atoms with van der Waals surface area (Å²) >= 11 is 0. The molecule has 5 nitrogen and oxygen atoms in total. The first kappa shape index (κ1) is 21.4. The summed E-state index contributed by atoms with van der Waals surface area (Å²) in [5.41, 5.74) is 2.97. The van der Waals surface area contributed by atoms with Crippen molar-refractivity contribution in [1.29, 1.82) is 0 Å². The number of nitrogens with zero attached hydrogens (tertiary/aromatic N) is 2. The topological polar surface area (TPSA) is 46.1 Å². The van der Waals surface area contributed by atoms with Crippen molar-refractivity contribution in [1.82, 2.24) is 10.2 Å². The Morgan fingerprint density at radius 3 is 2.79 bits per heavy atom. The number of benzene rings is 1. The number of ether oxygens (including phenoxy) is 2. The van der Waals surface area contributed by atoms with Gasteiger partial charge in [-0.3, -0.25) is 4.99 Å². The predicted molar refractivity (Wildman–Crippen MR) is 126 cm³/mol. The van der Waals surface area contributed by atoms with Crippen LogP contribution in [0.1, 0.15) is 49.8 Å². The molecule has 4 unspecified atom stereocenters. The second-order valence-corrected chi connectivity index (χ2v) is 8.91. The average molecular weight is 511 g/mol. The Kier molecular flexibility index (Phi) is 6.42. The van der Waals surface area contributed by atoms with Gasteiger partial charge in [-0.15, -0.1) is 24.0 Å². The molecule has 4 aliphatic rings. The van der Waals surface area contributed by atoms with Crippen molar-refractivity contribution in [3.8, 4) is 0 Å². The highest BCUT2D eigenvalue weighted by molar-refractivity contribution is 14.0. The van der Waals surface area contributed by atoms with Crippen LogP contribution in [0.15, 0.2) is 29.3 Å². The maximum atomic E-state index is 6.15. The summed E-state index contributed by atoms with van der Waals surface area (Å²) in [5, 5.41) is 3.92. The Morgan fingerprint density at radius 1 is 1.24 bits per heavy atom. The van der Waals surface area contributed by atoms with Crippen molar-refractivity contribution >= 4 is 29.9 Å². The standard InChI is InChI=1S/C23H33N3O2.HI/c1-3-24-22(25-20-18-9-13-28-21(18)23(20)10-6-11-23)26-12-14-27-19(15-26)17-8-5-4-7-16(17)2;/h4-5,7-8,18-21H,3,6,9-15H2,1-2H3,(H,24,25);1H. The molecule has 1 aromatic rings. The Morgan fingerprint density at radius 2 is 2.07 bits per heavy atom. The number of nitrogens with one attached hydrogen (secondary N) is 1. The van der Waals surface area contributed by atoms with E-state index in [9.17, 15) is 0 Å². The van der Waals surface area contributed by atoms with E-state index in [0.717, 1.165) is 38.8 Å². The summed E-state index contributed by atoms with van der Waals surface area (Å²) in [4.78, 5) is 7.31. The van der Waals surface area contributed by atoms with E-state index < -0.39 is 0 Å². The zero-order chi connectivity index (χ0) is 19.1. The van der Waals surface area contributed by atoms with Crippen LogP contribution in [0.5, 0.6) is 0 Å². The molecule has 1 aromatic carbocycles. The highest BCUT2D eigenvalue weighted by Crippen LogP contribution is 2.62. The molecule has 29 heavy (non-hydrogen) atoms. The number of aryl methyl sites for hydroxylation is 1. The van der Waals surface area contributed by atoms with Crippen LogP contribution in [0.2, 0.25) is 0 Å². The van der Waals surface area contributed by atoms with Crippen LogP contribution >= 0.6 is 24.0 Å². The van der Waals surface area contributed by atoms with Crippen molar-refractivity contribution in [3.05, 3.63) is 35.4 Å². The van der Waals surface area contributed by atoms with Gasteiger partial charge in [0.2, 0.25) is 0 Å². The van der Waals surface area contributed by atoms with Crippen LogP contribution in [-0.4, -0.2) is 55.9 Å². The first-order valence-corrected chi connectivity index (χ1v) is 11.1. The summed E-state index contributed by atoms with van der Waals surface area (Å²) in [6, 6.07) is 9.10. The average Bonchev–Trinajstić information content (AvgIpc) is 3.09. The zero-order valence-corrected chi connectivity index (χ0v) is 19.9. The lowest BCUT2D eigenvalue weighted by atomic mass is 9.46. The number of rotatable bonds is 3. The third-order valence-corrected chi connectivity index (χ3v) is 7.53. The van der Waals surface area contributed by atoms with Crippen LogP contribution in [0.3, 0.4) is 0 Å². The Hall–Kier alpha value is -0.860. The van der Waals surface area contributed by atoms with E-state index in [1.807, 2.05) is 0 Å². The molecule has 0 bridgehead atoms. The van der Waals surface area contributed by atoms with E-state index in [2.05, 4.69) is 48.3 Å². The molecular formula is C23H34IN3O2. The molecular weight excluding hydrogens is 477 g/mol. The molecule has 1 N–H and O–H groups in total. The van der Waals surface area contributed by atoms with Crippen molar-refractivity contribution in [2.45, 2.75) is 57.8 Å². The minimum absolute atomic E-state index is 0. The van der Waals surface area contributed by atoms with Gasteiger partial charge in [0, 0.05) is 37.1 Å². The van der Waals surface area contributed by atoms with Crippen molar-refractivity contribution in [2.24, 2.45) is 16.3 Å². The SMILES string of the molecule is CCN=C(NC1C2CCOC2C12CCC2)N1CCOC(c2ccccc2C)C1.I. The van der Waals surface area contributed by atoms with Gasteiger partial charge < -0.3 is 19.7 Å². The van der Waals surface area contributed by atoms with Crippen LogP contribution < -0.4 is 5.32 Å². The Balaban J connectivity index is 0.00000205. The smallest absolute Gasteiger partial charge is 0.194 e. The fourth-order valence-electron chi connectivity index (χ4n) is 5.96. The number of hydrogen-bond donors (Lipinski definition) is 1. The molecule has 4 atom stereocenters. The van der Waals surface area contributed by atoms with Gasteiger partial charge in [-0.1, -0.05) is 30.7 Å². The molecule has 2 aliphatic heterocycles. The number of guanidine groups is 1. The van der Waals surface area contributed by atoms with Gasteiger partial charge >= 0.3 is 0 Å². The van der Waals surface area contributed by atoms with Gasteiger partial charge in [0.1, 0.15) is 6.10 Å². The van der Waals surface area contributed by atoms with Gasteiger partial charge in [-0.25, -0.2) is 0 Å². The molecule has 0 radical (unpaired) electrons. The Labute approximate surface area is 191 Å². The second-order valence-electron chi connectivity index (χ2n) is 8.91. The first-order chi connectivity index (χ1) is 13.7. The molecule has 2 saturated carbocycles. The van der Waals surface area contributed by atoms with E-state index in [1.165, 1.54) is 36.8 Å². The van der Waals surface area contributed by atoms with E-state index in [0.29, 0.717) is 23.5 Å². The molecule has 0 amide bonds. The highest BCUT2D eigenvalue weighted by atomic mass is 127. The maximum absolute atomic E-state index is 6.15. The summed E-state index contributed by atoms with van der Waals surface area (Å²) < 4.78 is 12.2. The summed E-state index contributed by atoms with van der Waals surface area (Å²) in [6.45, 7) is 8.55. The van der Waals surface area contributed by atoms with Gasteiger partial charge in [0.05, 0.1) is 19.3 Å². The lowest BCUT2D eigenvalue weighted by Crippen LogP contribution is -2.72. The first-order valence-electron chi connectivity index (χ1n) is 11.1. The normalized spacial score (nSPS) is 32.8. The van der Waals surface area contributed by atoms with E-state index in [-0.39, 0.29) is 30.1 Å². The van der Waals surface area contributed by atoms with Crippen LogP contribution in [0.25, 0.3) is 0 Å². The summed E-state index contributed by atoms with van der Waals surface area (Å²) in [6.07, 6.45) is 5.75. The number of fused-ring (bicyclic) bond motifs is 2. The van der Waals surface area contributed by atoms with Gasteiger partial charge in [0.25, 0.3) is 0 Å².